The third-order valence-electron chi connectivity index (χ3n) is 3.67. The van der Waals surface area contributed by atoms with Crippen molar-refractivity contribution in [1.29, 1.82) is 0 Å². The van der Waals surface area contributed by atoms with Gasteiger partial charge in [0.25, 0.3) is 0 Å². The van der Waals surface area contributed by atoms with Gasteiger partial charge in [0, 0.05) is 39.8 Å². The van der Waals surface area contributed by atoms with E-state index in [1.807, 2.05) is 11.7 Å². The van der Waals surface area contributed by atoms with Crippen molar-refractivity contribution >= 4 is 31.9 Å². The van der Waals surface area contributed by atoms with Gasteiger partial charge in [-0.05, 0) is 38.5 Å². The lowest BCUT2D eigenvalue weighted by Gasteiger charge is -2.16. The zero-order chi connectivity index (χ0) is 14.9. The maximum Gasteiger partial charge on any atom is 0.0641 e. The van der Waals surface area contributed by atoms with Crippen LogP contribution < -0.4 is 5.32 Å². The summed E-state index contributed by atoms with van der Waals surface area (Å²) in [6.45, 7) is 7.17. The van der Waals surface area contributed by atoms with Crippen LogP contribution in [0.4, 0.5) is 0 Å². The molecule has 0 radical (unpaired) electrons. The molecule has 108 valence electrons. The molecule has 0 spiro atoms. The summed E-state index contributed by atoms with van der Waals surface area (Å²) >= 11 is 7.10. The van der Waals surface area contributed by atoms with Gasteiger partial charge in [0.05, 0.1) is 5.69 Å². The summed E-state index contributed by atoms with van der Waals surface area (Å²) in [6.07, 6.45) is 0. The second-order valence-corrected chi connectivity index (χ2v) is 6.81. The highest BCUT2D eigenvalue weighted by Crippen LogP contribution is 2.27. The molecule has 3 nitrogen and oxygen atoms in total. The number of nitrogens with one attached hydrogen (secondary N) is 1. The largest absolute Gasteiger partial charge is 0.306 e. The summed E-state index contributed by atoms with van der Waals surface area (Å²) in [4.78, 5) is 0. The first-order valence-electron chi connectivity index (χ1n) is 6.57. The second kappa shape index (κ2) is 6.41. The van der Waals surface area contributed by atoms with Crippen LogP contribution in [0.2, 0.25) is 0 Å². The lowest BCUT2D eigenvalue weighted by atomic mass is 10.1. The second-order valence-electron chi connectivity index (χ2n) is 5.04. The van der Waals surface area contributed by atoms with Crippen molar-refractivity contribution < 1.29 is 0 Å². The van der Waals surface area contributed by atoms with Crippen LogP contribution in [0.15, 0.2) is 27.1 Å². The number of hydrogen-bond acceptors (Lipinski definition) is 2. The Morgan fingerprint density at radius 3 is 2.55 bits per heavy atom. The van der Waals surface area contributed by atoms with Crippen molar-refractivity contribution in [2.75, 3.05) is 0 Å². The monoisotopic (exact) mass is 399 g/mol. The van der Waals surface area contributed by atoms with Crippen LogP contribution in [0, 0.1) is 13.8 Å². The first-order valence-corrected chi connectivity index (χ1v) is 8.16. The van der Waals surface area contributed by atoms with E-state index in [4.69, 9.17) is 0 Å². The molecule has 0 bridgehead atoms. The highest BCUT2D eigenvalue weighted by Gasteiger charge is 2.13. The average Bonchev–Trinajstić information content (AvgIpc) is 2.61. The third-order valence-corrected chi connectivity index (χ3v) is 4.85. The van der Waals surface area contributed by atoms with E-state index in [1.165, 1.54) is 16.8 Å². The molecule has 1 heterocycles. The summed E-state index contributed by atoms with van der Waals surface area (Å²) in [6, 6.07) is 6.55. The Morgan fingerprint density at radius 2 is 2.00 bits per heavy atom. The molecule has 0 amide bonds. The van der Waals surface area contributed by atoms with Crippen LogP contribution in [-0.2, 0) is 13.6 Å². The lowest BCUT2D eigenvalue weighted by molar-refractivity contribution is 0.569. The molecule has 20 heavy (non-hydrogen) atoms. The molecule has 2 aromatic rings. The number of benzene rings is 1. The van der Waals surface area contributed by atoms with E-state index in [1.54, 1.807) is 0 Å². The SMILES string of the molecule is Cc1nn(C)c(C)c1CNC(C)c1ccc(Br)cc1Br. The lowest BCUT2D eigenvalue weighted by Crippen LogP contribution is -2.19. The normalized spacial score (nSPS) is 12.7. The molecule has 0 aliphatic rings. The van der Waals surface area contributed by atoms with Crippen LogP contribution in [0.3, 0.4) is 0 Å². The Balaban J connectivity index is 2.10. The summed E-state index contributed by atoms with van der Waals surface area (Å²) in [5.41, 5.74) is 4.86. The van der Waals surface area contributed by atoms with E-state index in [0.29, 0.717) is 0 Å². The minimum Gasteiger partial charge on any atom is -0.306 e. The van der Waals surface area contributed by atoms with Crippen LogP contribution in [0.25, 0.3) is 0 Å². The molecular formula is C15H19Br2N3. The van der Waals surface area contributed by atoms with Gasteiger partial charge in [0.15, 0.2) is 0 Å². The predicted octanol–water partition coefficient (Wildman–Crippen LogP) is 4.41. The van der Waals surface area contributed by atoms with Gasteiger partial charge >= 0.3 is 0 Å². The van der Waals surface area contributed by atoms with E-state index < -0.39 is 0 Å². The third kappa shape index (κ3) is 3.32. The van der Waals surface area contributed by atoms with Gasteiger partial charge in [0.2, 0.25) is 0 Å². The van der Waals surface area contributed by atoms with Crippen molar-refractivity contribution in [2.45, 2.75) is 33.4 Å². The molecule has 5 heteroatoms. The molecule has 2 rings (SSSR count). The molecular weight excluding hydrogens is 382 g/mol. The number of rotatable bonds is 4. The number of hydrogen-bond donors (Lipinski definition) is 1. The van der Waals surface area contributed by atoms with Crippen molar-refractivity contribution in [1.82, 2.24) is 15.1 Å². The van der Waals surface area contributed by atoms with E-state index in [0.717, 1.165) is 21.2 Å². The minimum absolute atomic E-state index is 0.275. The van der Waals surface area contributed by atoms with Gasteiger partial charge in [-0.2, -0.15) is 5.10 Å². The molecule has 0 fully saturated rings. The molecule has 0 saturated carbocycles. The number of aromatic nitrogens is 2. The maximum atomic E-state index is 4.45. The average molecular weight is 401 g/mol. The van der Waals surface area contributed by atoms with Crippen LogP contribution in [0.5, 0.6) is 0 Å². The van der Waals surface area contributed by atoms with E-state index in [-0.39, 0.29) is 6.04 Å². The highest BCUT2D eigenvalue weighted by molar-refractivity contribution is 9.11. The van der Waals surface area contributed by atoms with Gasteiger partial charge in [-0.25, -0.2) is 0 Å². The number of aryl methyl sites for hydroxylation is 2. The maximum absolute atomic E-state index is 4.45. The zero-order valence-electron chi connectivity index (χ0n) is 12.2. The fourth-order valence-electron chi connectivity index (χ4n) is 2.29. The molecule has 1 aromatic carbocycles. The highest BCUT2D eigenvalue weighted by atomic mass is 79.9. The smallest absolute Gasteiger partial charge is 0.0641 e. The Hall–Kier alpha value is -0.650. The summed E-state index contributed by atoms with van der Waals surface area (Å²) in [5, 5.41) is 8.02. The molecule has 1 N–H and O–H groups in total. The van der Waals surface area contributed by atoms with Gasteiger partial charge in [-0.15, -0.1) is 0 Å². The fourth-order valence-corrected chi connectivity index (χ4v) is 3.68. The number of halogens is 2. The molecule has 0 aliphatic carbocycles. The molecule has 1 unspecified atom stereocenters. The minimum atomic E-state index is 0.275. The van der Waals surface area contributed by atoms with Crippen molar-refractivity contribution in [3.8, 4) is 0 Å². The van der Waals surface area contributed by atoms with E-state index in [9.17, 15) is 0 Å². The van der Waals surface area contributed by atoms with Crippen LogP contribution in [-0.4, -0.2) is 9.78 Å². The molecule has 1 atom stereocenters. The first kappa shape index (κ1) is 15.7. The van der Waals surface area contributed by atoms with Crippen molar-refractivity contribution in [3.05, 3.63) is 49.7 Å². The van der Waals surface area contributed by atoms with Crippen molar-refractivity contribution in [3.63, 3.8) is 0 Å². The number of nitrogens with zero attached hydrogens (tertiary/aromatic N) is 2. The summed E-state index contributed by atoms with van der Waals surface area (Å²) in [5.74, 6) is 0. The Labute approximate surface area is 137 Å². The fraction of sp³-hybridized carbons (Fsp3) is 0.400. The Bertz CT molecular complexity index is 620. The van der Waals surface area contributed by atoms with Crippen molar-refractivity contribution in [2.24, 2.45) is 7.05 Å². The standard InChI is InChI=1S/C15H19Br2N3/c1-9(13-6-5-12(16)7-15(13)17)18-8-14-10(2)19-20(4)11(14)3/h5-7,9,18H,8H2,1-4H3. The summed E-state index contributed by atoms with van der Waals surface area (Å²) in [7, 11) is 1.99. The van der Waals surface area contributed by atoms with Gasteiger partial charge in [-0.1, -0.05) is 37.9 Å². The van der Waals surface area contributed by atoms with E-state index in [2.05, 4.69) is 81.2 Å². The molecule has 1 aromatic heterocycles. The van der Waals surface area contributed by atoms with Crippen LogP contribution >= 0.6 is 31.9 Å². The summed E-state index contributed by atoms with van der Waals surface area (Å²) < 4.78 is 4.14. The topological polar surface area (TPSA) is 29.9 Å². The quantitative estimate of drug-likeness (QED) is 0.823. The zero-order valence-corrected chi connectivity index (χ0v) is 15.3. The van der Waals surface area contributed by atoms with Gasteiger partial charge in [-0.3, -0.25) is 4.68 Å². The Morgan fingerprint density at radius 1 is 1.30 bits per heavy atom. The molecule has 0 saturated heterocycles. The van der Waals surface area contributed by atoms with Crippen LogP contribution in [0.1, 0.15) is 35.5 Å². The molecule has 0 aliphatic heterocycles. The van der Waals surface area contributed by atoms with E-state index >= 15 is 0 Å². The van der Waals surface area contributed by atoms with Gasteiger partial charge < -0.3 is 5.32 Å². The predicted molar refractivity (Wildman–Crippen MR) is 89.8 cm³/mol. The Kier molecular flexibility index (Phi) is 5.04. The first-order chi connectivity index (χ1) is 9.40. The van der Waals surface area contributed by atoms with Gasteiger partial charge in [0.1, 0.15) is 0 Å².